The second-order valence-corrected chi connectivity index (χ2v) is 5.92. The molecule has 0 bridgehead atoms. The summed E-state index contributed by atoms with van der Waals surface area (Å²) in [5.74, 6) is 0. The summed E-state index contributed by atoms with van der Waals surface area (Å²) < 4.78 is 0. The van der Waals surface area contributed by atoms with Crippen molar-refractivity contribution in [3.05, 3.63) is 75.6 Å². The van der Waals surface area contributed by atoms with E-state index in [0.29, 0.717) is 10.6 Å². The highest BCUT2D eigenvalue weighted by molar-refractivity contribution is 7.11. The molecule has 1 aromatic heterocycles. The molecule has 0 aliphatic heterocycles. The second-order valence-electron chi connectivity index (χ2n) is 4.63. The maximum atomic E-state index is 9.39. The summed E-state index contributed by atoms with van der Waals surface area (Å²) in [6.07, 6.45) is 1.85. The van der Waals surface area contributed by atoms with Crippen LogP contribution in [0.15, 0.2) is 60.0 Å². The van der Waals surface area contributed by atoms with Gasteiger partial charge in [0, 0.05) is 16.0 Å². The zero-order valence-corrected chi connectivity index (χ0v) is 13.1. The molecule has 2 aromatic carbocycles. The Morgan fingerprint density at radius 1 is 1.09 bits per heavy atom. The van der Waals surface area contributed by atoms with Gasteiger partial charge in [0.25, 0.3) is 0 Å². The number of hydrogen-bond acceptors (Lipinski definition) is 3. The smallest absolute Gasteiger partial charge is 0.134 e. The van der Waals surface area contributed by atoms with E-state index in [1.54, 1.807) is 0 Å². The van der Waals surface area contributed by atoms with Crippen LogP contribution in [0.1, 0.15) is 10.6 Å². The lowest BCUT2D eigenvalue weighted by molar-refractivity contribution is 1.37. The van der Waals surface area contributed by atoms with Crippen LogP contribution in [-0.2, 0) is 0 Å². The van der Waals surface area contributed by atoms with E-state index in [4.69, 9.17) is 11.6 Å². The third-order valence-electron chi connectivity index (χ3n) is 3.11. The fourth-order valence-corrected chi connectivity index (χ4v) is 2.93. The Bertz CT molecular complexity index is 843. The van der Waals surface area contributed by atoms with E-state index in [2.05, 4.69) is 11.1 Å². The fraction of sp³-hybridized carbons (Fsp3) is 0. The molecule has 0 saturated carbocycles. The third kappa shape index (κ3) is 3.25. The Hall–Kier alpha value is -2.41. The molecule has 0 radical (unpaired) electrons. The van der Waals surface area contributed by atoms with Gasteiger partial charge in [0.1, 0.15) is 11.1 Å². The van der Waals surface area contributed by atoms with Gasteiger partial charge in [0.15, 0.2) is 0 Å². The number of rotatable bonds is 3. The topological polar surface area (TPSA) is 36.7 Å². The van der Waals surface area contributed by atoms with Gasteiger partial charge in [-0.15, -0.1) is 11.3 Å². The molecule has 4 heteroatoms. The highest BCUT2D eigenvalue weighted by Gasteiger charge is 2.09. The molecule has 3 rings (SSSR count). The first-order chi connectivity index (χ1) is 10.8. The summed E-state index contributed by atoms with van der Waals surface area (Å²) in [4.78, 5) is 4.56. The van der Waals surface area contributed by atoms with Crippen molar-refractivity contribution in [2.45, 2.75) is 0 Å². The van der Waals surface area contributed by atoms with Crippen LogP contribution in [0.25, 0.3) is 22.9 Å². The Kier molecular flexibility index (Phi) is 4.34. The predicted molar refractivity (Wildman–Crippen MR) is 92.5 cm³/mol. The van der Waals surface area contributed by atoms with Gasteiger partial charge in [-0.2, -0.15) is 5.26 Å². The maximum Gasteiger partial charge on any atom is 0.134 e. The minimum atomic E-state index is 0.566. The zero-order chi connectivity index (χ0) is 15.4. The Morgan fingerprint density at radius 2 is 1.82 bits per heavy atom. The van der Waals surface area contributed by atoms with Crippen molar-refractivity contribution in [3.63, 3.8) is 0 Å². The third-order valence-corrected chi connectivity index (χ3v) is 4.23. The normalized spacial score (nSPS) is 11.2. The maximum absolute atomic E-state index is 9.39. The molecule has 3 aromatic rings. The first kappa shape index (κ1) is 14.5. The number of nitriles is 1. The molecular weight excluding hydrogens is 312 g/mol. The molecule has 0 fully saturated rings. The van der Waals surface area contributed by atoms with Gasteiger partial charge >= 0.3 is 0 Å². The lowest BCUT2D eigenvalue weighted by Gasteiger charge is -1.97. The molecule has 0 aliphatic carbocycles. The summed E-state index contributed by atoms with van der Waals surface area (Å²) in [5.41, 5.74) is 3.40. The van der Waals surface area contributed by atoms with E-state index in [1.807, 2.05) is 66.1 Å². The average Bonchev–Trinajstić information content (AvgIpc) is 3.04. The van der Waals surface area contributed by atoms with E-state index in [9.17, 15) is 5.26 Å². The summed E-state index contributed by atoms with van der Waals surface area (Å²) >= 11 is 7.36. The second kappa shape index (κ2) is 6.57. The molecule has 1 heterocycles. The minimum Gasteiger partial charge on any atom is -0.235 e. The van der Waals surface area contributed by atoms with Crippen molar-refractivity contribution in [2.24, 2.45) is 0 Å². The molecular formula is C18H11ClN2S. The number of allylic oxidation sites excluding steroid dienone is 1. The highest BCUT2D eigenvalue weighted by atomic mass is 35.5. The number of aromatic nitrogens is 1. The lowest BCUT2D eigenvalue weighted by atomic mass is 10.1. The lowest BCUT2D eigenvalue weighted by Crippen LogP contribution is -1.82. The van der Waals surface area contributed by atoms with Crippen LogP contribution in [0.2, 0.25) is 5.02 Å². The van der Waals surface area contributed by atoms with Gasteiger partial charge in [-0.1, -0.05) is 54.1 Å². The van der Waals surface area contributed by atoms with Crippen LogP contribution in [-0.4, -0.2) is 4.98 Å². The van der Waals surface area contributed by atoms with Gasteiger partial charge in [0.05, 0.1) is 11.3 Å². The Labute approximate surface area is 138 Å². The molecule has 0 amide bonds. The molecule has 0 N–H and O–H groups in total. The number of benzene rings is 2. The quantitative estimate of drug-likeness (QED) is 0.595. The van der Waals surface area contributed by atoms with Crippen molar-refractivity contribution in [1.29, 1.82) is 5.26 Å². The largest absolute Gasteiger partial charge is 0.235 e. The van der Waals surface area contributed by atoms with Gasteiger partial charge < -0.3 is 0 Å². The molecule has 0 atom stereocenters. The molecule has 0 spiro atoms. The van der Waals surface area contributed by atoms with Gasteiger partial charge in [-0.3, -0.25) is 0 Å². The standard InChI is InChI=1S/C18H11ClN2S/c19-16-8-6-14(7-9-16)17-12-22-18(21-17)15(11-20)10-13-4-2-1-3-5-13/h1-10,12H/b15-10-. The first-order valence-corrected chi connectivity index (χ1v) is 7.91. The fourth-order valence-electron chi connectivity index (χ4n) is 2.01. The predicted octanol–water partition coefficient (Wildman–Crippen LogP) is 5.53. The van der Waals surface area contributed by atoms with Gasteiger partial charge in [-0.25, -0.2) is 4.98 Å². The van der Waals surface area contributed by atoms with Crippen molar-refractivity contribution in [3.8, 4) is 17.3 Å². The van der Waals surface area contributed by atoms with E-state index in [0.717, 1.165) is 21.8 Å². The summed E-state index contributed by atoms with van der Waals surface area (Å²) in [5, 5.41) is 12.8. The monoisotopic (exact) mass is 322 g/mol. The van der Waals surface area contributed by atoms with Crippen LogP contribution in [0, 0.1) is 11.3 Å². The summed E-state index contributed by atoms with van der Waals surface area (Å²) in [6.45, 7) is 0. The molecule has 0 aliphatic rings. The SMILES string of the molecule is N#C/C(=C/c1ccccc1)c1nc(-c2ccc(Cl)cc2)cs1. The van der Waals surface area contributed by atoms with Crippen molar-refractivity contribution >= 4 is 34.6 Å². The highest BCUT2D eigenvalue weighted by Crippen LogP contribution is 2.27. The number of halogens is 1. The van der Waals surface area contributed by atoms with E-state index >= 15 is 0 Å². The molecule has 2 nitrogen and oxygen atoms in total. The molecule has 0 saturated heterocycles. The average molecular weight is 323 g/mol. The summed E-state index contributed by atoms with van der Waals surface area (Å²) in [6, 6.07) is 19.5. The van der Waals surface area contributed by atoms with Crippen LogP contribution in [0.4, 0.5) is 0 Å². The van der Waals surface area contributed by atoms with Crippen LogP contribution in [0.3, 0.4) is 0 Å². The first-order valence-electron chi connectivity index (χ1n) is 6.65. The van der Waals surface area contributed by atoms with E-state index < -0.39 is 0 Å². The van der Waals surface area contributed by atoms with Gasteiger partial charge in [-0.05, 0) is 23.8 Å². The van der Waals surface area contributed by atoms with Gasteiger partial charge in [0.2, 0.25) is 0 Å². The summed E-state index contributed by atoms with van der Waals surface area (Å²) in [7, 11) is 0. The number of nitrogens with zero attached hydrogens (tertiary/aromatic N) is 2. The molecule has 106 valence electrons. The Morgan fingerprint density at radius 3 is 2.50 bits per heavy atom. The Balaban J connectivity index is 1.94. The van der Waals surface area contributed by atoms with Crippen LogP contribution >= 0.6 is 22.9 Å². The van der Waals surface area contributed by atoms with E-state index in [1.165, 1.54) is 11.3 Å². The number of thiazole rings is 1. The van der Waals surface area contributed by atoms with Crippen LogP contribution in [0.5, 0.6) is 0 Å². The van der Waals surface area contributed by atoms with E-state index in [-0.39, 0.29) is 0 Å². The zero-order valence-electron chi connectivity index (χ0n) is 11.5. The van der Waals surface area contributed by atoms with Crippen molar-refractivity contribution in [2.75, 3.05) is 0 Å². The molecule has 0 unspecified atom stereocenters. The van der Waals surface area contributed by atoms with Crippen LogP contribution < -0.4 is 0 Å². The van der Waals surface area contributed by atoms with Crippen molar-refractivity contribution in [1.82, 2.24) is 4.98 Å². The number of hydrogen-bond donors (Lipinski definition) is 0. The minimum absolute atomic E-state index is 0.566. The molecule has 22 heavy (non-hydrogen) atoms. The van der Waals surface area contributed by atoms with Crippen molar-refractivity contribution < 1.29 is 0 Å².